The molecule has 4 nitrogen and oxygen atoms in total. The lowest BCUT2D eigenvalue weighted by molar-refractivity contribution is -0.144. The second-order valence-electron chi connectivity index (χ2n) is 5.46. The number of hydrogen-bond acceptors (Lipinski definition) is 3. The second kappa shape index (κ2) is 6.97. The first-order valence-electron chi connectivity index (χ1n) is 6.71. The molecule has 4 heteroatoms. The van der Waals surface area contributed by atoms with Crippen LogP contribution in [-0.2, 0) is 4.79 Å². The van der Waals surface area contributed by atoms with E-state index in [4.69, 9.17) is 5.11 Å². The highest BCUT2D eigenvalue weighted by molar-refractivity contribution is 5.70. The van der Waals surface area contributed by atoms with Gasteiger partial charge < -0.3 is 15.3 Å². The SMILES string of the molecule is CCN1CC(NCCC(C)C)CC(C(=O)O)C1. The molecule has 0 saturated carbocycles. The Kier molecular flexibility index (Phi) is 5.92. The Labute approximate surface area is 104 Å². The normalized spacial score (nSPS) is 26.4. The second-order valence-corrected chi connectivity index (χ2v) is 5.46. The summed E-state index contributed by atoms with van der Waals surface area (Å²) in [6.07, 6.45) is 1.92. The lowest BCUT2D eigenvalue weighted by atomic mass is 9.94. The molecule has 100 valence electrons. The largest absolute Gasteiger partial charge is 0.481 e. The van der Waals surface area contributed by atoms with Crippen LogP contribution in [0.3, 0.4) is 0 Å². The highest BCUT2D eigenvalue weighted by Gasteiger charge is 2.30. The predicted octanol–water partition coefficient (Wildman–Crippen LogP) is 1.42. The van der Waals surface area contributed by atoms with Crippen LogP contribution in [0.5, 0.6) is 0 Å². The number of rotatable bonds is 6. The van der Waals surface area contributed by atoms with Crippen LogP contribution < -0.4 is 5.32 Å². The van der Waals surface area contributed by atoms with Crippen molar-refractivity contribution < 1.29 is 9.90 Å². The van der Waals surface area contributed by atoms with E-state index < -0.39 is 5.97 Å². The Bertz CT molecular complexity index is 244. The molecule has 1 aliphatic rings. The first-order valence-corrected chi connectivity index (χ1v) is 6.71. The maximum absolute atomic E-state index is 11.1. The molecule has 1 aliphatic heterocycles. The zero-order valence-electron chi connectivity index (χ0n) is 11.3. The lowest BCUT2D eigenvalue weighted by Crippen LogP contribution is -2.51. The van der Waals surface area contributed by atoms with Gasteiger partial charge in [-0.05, 0) is 31.8 Å². The van der Waals surface area contributed by atoms with Crippen LogP contribution in [0.25, 0.3) is 0 Å². The molecule has 0 spiro atoms. The van der Waals surface area contributed by atoms with Gasteiger partial charge >= 0.3 is 5.97 Å². The number of piperidine rings is 1. The topological polar surface area (TPSA) is 52.6 Å². The lowest BCUT2D eigenvalue weighted by Gasteiger charge is -2.36. The van der Waals surface area contributed by atoms with Crippen LogP contribution in [0.1, 0.15) is 33.6 Å². The quantitative estimate of drug-likeness (QED) is 0.739. The van der Waals surface area contributed by atoms with Crippen LogP contribution in [0.4, 0.5) is 0 Å². The van der Waals surface area contributed by atoms with E-state index in [2.05, 4.69) is 31.0 Å². The van der Waals surface area contributed by atoms with E-state index >= 15 is 0 Å². The van der Waals surface area contributed by atoms with Gasteiger partial charge in [-0.1, -0.05) is 20.8 Å². The molecule has 1 heterocycles. The van der Waals surface area contributed by atoms with E-state index in [-0.39, 0.29) is 5.92 Å². The minimum atomic E-state index is -0.654. The third kappa shape index (κ3) is 5.04. The van der Waals surface area contributed by atoms with Crippen molar-refractivity contribution in [2.45, 2.75) is 39.7 Å². The molecular formula is C13H26N2O2. The standard InChI is InChI=1S/C13H26N2O2/c1-4-15-8-11(13(16)17)7-12(9-15)14-6-5-10(2)3/h10-12,14H,4-9H2,1-3H3,(H,16,17). The van der Waals surface area contributed by atoms with E-state index in [0.29, 0.717) is 18.5 Å². The third-order valence-corrected chi connectivity index (χ3v) is 3.48. The van der Waals surface area contributed by atoms with Crippen LogP contribution >= 0.6 is 0 Å². The Balaban J connectivity index is 2.39. The fraction of sp³-hybridized carbons (Fsp3) is 0.923. The number of likely N-dealkylation sites (tertiary alicyclic amines) is 1. The molecule has 0 amide bonds. The summed E-state index contributed by atoms with van der Waals surface area (Å²) in [5.74, 6) is -0.164. The van der Waals surface area contributed by atoms with Gasteiger partial charge in [-0.3, -0.25) is 4.79 Å². The van der Waals surface area contributed by atoms with Crippen molar-refractivity contribution in [2.24, 2.45) is 11.8 Å². The number of nitrogens with zero attached hydrogens (tertiary/aromatic N) is 1. The number of likely N-dealkylation sites (N-methyl/N-ethyl adjacent to an activating group) is 1. The van der Waals surface area contributed by atoms with Crippen LogP contribution in [0.15, 0.2) is 0 Å². The van der Waals surface area contributed by atoms with E-state index in [9.17, 15) is 4.79 Å². The molecular weight excluding hydrogens is 216 g/mol. The highest BCUT2D eigenvalue weighted by Crippen LogP contribution is 2.17. The van der Waals surface area contributed by atoms with E-state index in [1.165, 1.54) is 0 Å². The monoisotopic (exact) mass is 242 g/mol. The maximum Gasteiger partial charge on any atom is 0.307 e. The van der Waals surface area contributed by atoms with E-state index in [0.717, 1.165) is 32.5 Å². The zero-order valence-corrected chi connectivity index (χ0v) is 11.3. The molecule has 0 bridgehead atoms. The Morgan fingerprint density at radius 1 is 1.47 bits per heavy atom. The average molecular weight is 242 g/mol. The summed E-state index contributed by atoms with van der Waals surface area (Å²) in [6, 6.07) is 0.337. The van der Waals surface area contributed by atoms with Gasteiger partial charge in [0.05, 0.1) is 5.92 Å². The van der Waals surface area contributed by atoms with Crippen LogP contribution in [0, 0.1) is 11.8 Å². The van der Waals surface area contributed by atoms with Gasteiger partial charge in [0.2, 0.25) is 0 Å². The van der Waals surface area contributed by atoms with E-state index in [1.807, 2.05) is 0 Å². The van der Waals surface area contributed by atoms with Gasteiger partial charge in [0.25, 0.3) is 0 Å². The van der Waals surface area contributed by atoms with E-state index in [1.54, 1.807) is 0 Å². The van der Waals surface area contributed by atoms with Crippen LogP contribution in [-0.4, -0.2) is 48.2 Å². The zero-order chi connectivity index (χ0) is 12.8. The number of aliphatic carboxylic acids is 1. The summed E-state index contributed by atoms with van der Waals surface area (Å²) >= 11 is 0. The molecule has 0 aromatic heterocycles. The first kappa shape index (κ1) is 14.5. The smallest absolute Gasteiger partial charge is 0.307 e. The number of carboxylic acids is 1. The number of nitrogens with one attached hydrogen (secondary N) is 1. The number of carboxylic acid groups (broad SMARTS) is 1. The van der Waals surface area contributed by atoms with Crippen molar-refractivity contribution in [3.8, 4) is 0 Å². The van der Waals surface area contributed by atoms with Crippen molar-refractivity contribution >= 4 is 5.97 Å². The molecule has 2 atom stereocenters. The number of carbonyl (C=O) groups is 1. The molecule has 0 aromatic rings. The van der Waals surface area contributed by atoms with Crippen molar-refractivity contribution in [2.75, 3.05) is 26.2 Å². The molecule has 1 rings (SSSR count). The highest BCUT2D eigenvalue weighted by atomic mass is 16.4. The van der Waals surface area contributed by atoms with Gasteiger partial charge in [0.1, 0.15) is 0 Å². The summed E-state index contributed by atoms with van der Waals surface area (Å²) in [5, 5.41) is 12.6. The summed E-state index contributed by atoms with van der Waals surface area (Å²) in [4.78, 5) is 13.3. The molecule has 0 aliphatic carbocycles. The molecule has 2 N–H and O–H groups in total. The average Bonchev–Trinajstić information content (AvgIpc) is 2.28. The summed E-state index contributed by atoms with van der Waals surface area (Å²) in [6.45, 7) is 10.1. The van der Waals surface area contributed by atoms with Gasteiger partial charge in [-0.25, -0.2) is 0 Å². The Morgan fingerprint density at radius 2 is 2.18 bits per heavy atom. The van der Waals surface area contributed by atoms with Crippen molar-refractivity contribution in [1.29, 1.82) is 0 Å². The minimum Gasteiger partial charge on any atom is -0.481 e. The predicted molar refractivity (Wildman–Crippen MR) is 69.1 cm³/mol. The van der Waals surface area contributed by atoms with Gasteiger partial charge in [-0.2, -0.15) is 0 Å². The fourth-order valence-electron chi connectivity index (χ4n) is 2.35. The fourth-order valence-corrected chi connectivity index (χ4v) is 2.35. The van der Waals surface area contributed by atoms with Crippen molar-refractivity contribution in [3.05, 3.63) is 0 Å². The molecule has 0 radical (unpaired) electrons. The first-order chi connectivity index (χ1) is 8.02. The molecule has 0 aromatic carbocycles. The Hall–Kier alpha value is -0.610. The third-order valence-electron chi connectivity index (χ3n) is 3.48. The van der Waals surface area contributed by atoms with Gasteiger partial charge in [0, 0.05) is 19.1 Å². The number of hydrogen-bond donors (Lipinski definition) is 2. The molecule has 1 saturated heterocycles. The summed E-state index contributed by atoms with van der Waals surface area (Å²) in [5.41, 5.74) is 0. The molecule has 2 unspecified atom stereocenters. The van der Waals surface area contributed by atoms with Crippen LogP contribution in [0.2, 0.25) is 0 Å². The maximum atomic E-state index is 11.1. The summed E-state index contributed by atoms with van der Waals surface area (Å²) < 4.78 is 0. The Morgan fingerprint density at radius 3 is 2.71 bits per heavy atom. The molecule has 1 fully saturated rings. The van der Waals surface area contributed by atoms with Crippen molar-refractivity contribution in [3.63, 3.8) is 0 Å². The minimum absolute atomic E-state index is 0.208. The van der Waals surface area contributed by atoms with Crippen molar-refractivity contribution in [1.82, 2.24) is 10.2 Å². The van der Waals surface area contributed by atoms with Gasteiger partial charge in [-0.15, -0.1) is 0 Å². The summed E-state index contributed by atoms with van der Waals surface area (Å²) in [7, 11) is 0. The van der Waals surface area contributed by atoms with Gasteiger partial charge in [0.15, 0.2) is 0 Å². The molecule has 17 heavy (non-hydrogen) atoms.